The number of rotatable bonds is 6. The van der Waals surface area contributed by atoms with Gasteiger partial charge in [-0.15, -0.1) is 0 Å². The summed E-state index contributed by atoms with van der Waals surface area (Å²) in [6.07, 6.45) is 3.76. The number of aromatic amines is 1. The van der Waals surface area contributed by atoms with Gasteiger partial charge in [0.2, 0.25) is 11.6 Å². The van der Waals surface area contributed by atoms with Gasteiger partial charge in [0.1, 0.15) is 11.6 Å². The van der Waals surface area contributed by atoms with E-state index < -0.39 is 11.6 Å². The first kappa shape index (κ1) is 26.5. The highest BCUT2D eigenvalue weighted by Gasteiger charge is 2.47. The Morgan fingerprint density at radius 3 is 2.64 bits per heavy atom. The lowest BCUT2D eigenvalue weighted by molar-refractivity contribution is -0.138. The molecule has 0 radical (unpaired) electrons. The molecule has 8 rings (SSSR count). The maximum atomic E-state index is 15.9. The number of hydrogen-bond donors (Lipinski definition) is 2. The molecule has 4 aliphatic rings. The molecule has 4 aromatic rings. The monoisotopic (exact) mass is 571 g/mol. The molecule has 42 heavy (non-hydrogen) atoms. The number of pyridine rings is 1. The minimum absolute atomic E-state index is 0.0143. The zero-order valence-electron chi connectivity index (χ0n) is 23.0. The van der Waals surface area contributed by atoms with Crippen molar-refractivity contribution in [2.45, 2.75) is 37.0 Å². The Hall–Kier alpha value is -4.38. The third kappa shape index (κ3) is 4.87. The van der Waals surface area contributed by atoms with Crippen LogP contribution in [0.3, 0.4) is 0 Å². The van der Waals surface area contributed by atoms with E-state index in [1.54, 1.807) is 41.4 Å². The van der Waals surface area contributed by atoms with Crippen molar-refractivity contribution in [3.8, 4) is 11.3 Å². The number of aromatic nitrogens is 3. The lowest BCUT2D eigenvalue weighted by atomic mass is 9.90. The summed E-state index contributed by atoms with van der Waals surface area (Å²) in [4.78, 5) is 36.9. The zero-order valence-corrected chi connectivity index (χ0v) is 23.0. The number of piperazine rings is 1. The Bertz CT molecular complexity index is 1630. The zero-order chi connectivity index (χ0) is 28.8. The fourth-order valence-electron chi connectivity index (χ4n) is 6.55. The molecule has 4 aliphatic heterocycles. The van der Waals surface area contributed by atoms with E-state index in [2.05, 4.69) is 25.4 Å². The quantitative estimate of drug-likeness (QED) is 0.363. The third-order valence-corrected chi connectivity index (χ3v) is 8.80. The van der Waals surface area contributed by atoms with Crippen LogP contribution in [0.5, 0.6) is 0 Å². The average molecular weight is 572 g/mol. The molecule has 2 N–H and O–H groups in total. The molecule has 216 valence electrons. The largest absolute Gasteiger partial charge is 0.350 e. The number of carbonyl (C=O) groups excluding carboxylic acids is 2. The second kappa shape index (κ2) is 10.5. The third-order valence-electron chi connectivity index (χ3n) is 8.80. The molecule has 1 unspecified atom stereocenters. The summed E-state index contributed by atoms with van der Waals surface area (Å²) < 4.78 is 29.3. The number of halogens is 2. The van der Waals surface area contributed by atoms with E-state index >= 15 is 4.39 Å². The van der Waals surface area contributed by atoms with Gasteiger partial charge in [0, 0.05) is 67.5 Å². The van der Waals surface area contributed by atoms with E-state index in [4.69, 9.17) is 0 Å². The summed E-state index contributed by atoms with van der Waals surface area (Å²) in [7, 11) is 0. The molecule has 4 saturated heterocycles. The van der Waals surface area contributed by atoms with Crippen LogP contribution in [-0.2, 0) is 9.59 Å². The molecule has 0 aliphatic carbocycles. The number of H-pyrrole nitrogens is 1. The van der Waals surface area contributed by atoms with Crippen molar-refractivity contribution in [2.24, 2.45) is 0 Å². The van der Waals surface area contributed by atoms with Gasteiger partial charge in [-0.05, 0) is 67.4 Å². The van der Waals surface area contributed by atoms with E-state index in [1.807, 2.05) is 23.1 Å². The van der Waals surface area contributed by atoms with Gasteiger partial charge in [-0.2, -0.15) is 5.10 Å². The van der Waals surface area contributed by atoms with Gasteiger partial charge < -0.3 is 15.1 Å². The number of likely N-dealkylation sites (tertiary alicyclic amines) is 1. The highest BCUT2D eigenvalue weighted by molar-refractivity contribution is 6.01. The fourth-order valence-corrected chi connectivity index (χ4v) is 6.55. The Kier molecular flexibility index (Phi) is 6.61. The molecule has 9 nitrogen and oxygen atoms in total. The molecular weight excluding hydrogens is 540 g/mol. The van der Waals surface area contributed by atoms with Crippen molar-refractivity contribution in [2.75, 3.05) is 42.9 Å². The van der Waals surface area contributed by atoms with E-state index in [1.165, 1.54) is 12.1 Å². The number of nitrogens with zero attached hydrogens (tertiary/aromatic N) is 5. The topological polar surface area (TPSA) is 97.5 Å². The number of benzene rings is 2. The lowest BCUT2D eigenvalue weighted by Crippen LogP contribution is -2.65. The van der Waals surface area contributed by atoms with E-state index in [9.17, 15) is 14.0 Å². The SMILES string of the molecule is O=C(CN1CCC(F)(C(=O)Nc2ccc3[nH]nc(-c4ccc(F)cc4)c3c2)C1)N1C[C@@H]2CC[C@H]1CN2c1ccccn1. The molecule has 11 heteroatoms. The predicted octanol–water partition coefficient (Wildman–Crippen LogP) is 4.00. The van der Waals surface area contributed by atoms with Gasteiger partial charge in [-0.1, -0.05) is 6.07 Å². The van der Waals surface area contributed by atoms with Crippen molar-refractivity contribution in [1.29, 1.82) is 0 Å². The molecule has 4 fully saturated rings. The summed E-state index contributed by atoms with van der Waals surface area (Å²) >= 11 is 0. The first-order valence-electron chi connectivity index (χ1n) is 14.3. The first-order valence-corrected chi connectivity index (χ1v) is 14.3. The summed E-state index contributed by atoms with van der Waals surface area (Å²) in [5.74, 6) is -0.159. The van der Waals surface area contributed by atoms with Crippen LogP contribution >= 0.6 is 0 Å². The minimum atomic E-state index is -2.11. The molecule has 2 aromatic carbocycles. The highest BCUT2D eigenvalue weighted by atomic mass is 19.1. The molecule has 2 bridgehead atoms. The van der Waals surface area contributed by atoms with Crippen LogP contribution in [0.15, 0.2) is 66.9 Å². The van der Waals surface area contributed by atoms with E-state index in [-0.39, 0.29) is 43.3 Å². The first-order chi connectivity index (χ1) is 20.4. The van der Waals surface area contributed by atoms with Gasteiger partial charge in [-0.3, -0.25) is 19.6 Å². The number of piperidine rings is 2. The number of hydrogen-bond acceptors (Lipinski definition) is 6. The summed E-state index contributed by atoms with van der Waals surface area (Å²) in [5.41, 5.74) is 0.391. The Morgan fingerprint density at radius 2 is 1.88 bits per heavy atom. The Morgan fingerprint density at radius 1 is 1.05 bits per heavy atom. The second-order valence-electron chi connectivity index (χ2n) is 11.5. The van der Waals surface area contributed by atoms with Crippen LogP contribution in [-0.4, -0.2) is 87.3 Å². The predicted molar refractivity (Wildman–Crippen MR) is 155 cm³/mol. The van der Waals surface area contributed by atoms with Crippen LogP contribution in [0.4, 0.5) is 20.3 Å². The Labute approximate surface area is 241 Å². The van der Waals surface area contributed by atoms with Crippen molar-refractivity contribution < 1.29 is 18.4 Å². The summed E-state index contributed by atoms with van der Waals surface area (Å²) in [6.45, 7) is 1.65. The number of alkyl halides is 1. The molecule has 2 amide bonds. The Balaban J connectivity index is 0.983. The second-order valence-corrected chi connectivity index (χ2v) is 11.5. The number of anilines is 2. The number of fused-ring (bicyclic) bond motifs is 4. The van der Waals surface area contributed by atoms with Gasteiger partial charge in [0.15, 0.2) is 0 Å². The standard InChI is InChI=1S/C31H31F2N7O2/c32-21-6-4-20(5-7-21)29-25-15-22(8-11-26(25)36-37-29)35-30(42)31(33)12-14-38(19-31)18-28(41)40-17-23-9-10-24(40)16-39(23)27-3-1-2-13-34-27/h1-8,11,13,15,23-24H,9-10,12,14,16-19H2,(H,35,42)(H,36,37)/t23-,24-,31?/m0/s1. The van der Waals surface area contributed by atoms with Crippen LogP contribution in [0.25, 0.3) is 22.2 Å². The molecule has 0 saturated carbocycles. The number of amides is 2. The summed E-state index contributed by atoms with van der Waals surface area (Å²) in [5, 5.41) is 10.7. The van der Waals surface area contributed by atoms with Crippen molar-refractivity contribution in [3.05, 3.63) is 72.7 Å². The number of carbonyl (C=O) groups is 2. The van der Waals surface area contributed by atoms with E-state index in [0.29, 0.717) is 24.5 Å². The molecule has 2 aromatic heterocycles. The average Bonchev–Trinajstić information content (AvgIpc) is 3.62. The van der Waals surface area contributed by atoms with Gasteiger partial charge in [-0.25, -0.2) is 13.8 Å². The van der Waals surface area contributed by atoms with E-state index in [0.717, 1.165) is 41.7 Å². The van der Waals surface area contributed by atoms with Crippen LogP contribution in [0.1, 0.15) is 19.3 Å². The smallest absolute Gasteiger partial charge is 0.263 e. The van der Waals surface area contributed by atoms with Crippen LogP contribution in [0, 0.1) is 5.82 Å². The minimum Gasteiger partial charge on any atom is -0.350 e. The fraction of sp³-hybridized carbons (Fsp3) is 0.355. The number of nitrogens with one attached hydrogen (secondary N) is 2. The van der Waals surface area contributed by atoms with Crippen molar-refractivity contribution in [3.63, 3.8) is 0 Å². The van der Waals surface area contributed by atoms with Crippen LogP contribution < -0.4 is 10.2 Å². The van der Waals surface area contributed by atoms with Crippen LogP contribution in [0.2, 0.25) is 0 Å². The molecule has 0 spiro atoms. The van der Waals surface area contributed by atoms with Gasteiger partial charge in [0.25, 0.3) is 5.91 Å². The molecular formula is C31H31F2N7O2. The van der Waals surface area contributed by atoms with Crippen molar-refractivity contribution in [1.82, 2.24) is 25.0 Å². The summed E-state index contributed by atoms with van der Waals surface area (Å²) in [6, 6.07) is 17.3. The normalized spacial score (nSPS) is 24.0. The maximum Gasteiger partial charge on any atom is 0.263 e. The molecule has 3 atom stereocenters. The van der Waals surface area contributed by atoms with Crippen molar-refractivity contribution >= 4 is 34.2 Å². The van der Waals surface area contributed by atoms with Gasteiger partial charge >= 0.3 is 0 Å². The molecule has 6 heterocycles. The highest BCUT2D eigenvalue weighted by Crippen LogP contribution is 2.34. The maximum absolute atomic E-state index is 15.9. The lowest BCUT2D eigenvalue weighted by Gasteiger charge is -2.52. The van der Waals surface area contributed by atoms with Gasteiger partial charge in [0.05, 0.1) is 17.8 Å².